The van der Waals surface area contributed by atoms with Crippen LogP contribution in [0.25, 0.3) is 0 Å². The lowest BCUT2D eigenvalue weighted by atomic mass is 9.52. The van der Waals surface area contributed by atoms with E-state index in [1.54, 1.807) is 7.11 Å². The first-order valence-corrected chi connectivity index (χ1v) is 7.70. The Morgan fingerprint density at radius 3 is 2.35 bits per heavy atom. The first-order valence-electron chi connectivity index (χ1n) is 7.70. The average molecular weight is 299 g/mol. The minimum atomic E-state index is -0.0775. The molecule has 3 nitrogen and oxygen atoms in total. The summed E-state index contributed by atoms with van der Waals surface area (Å²) in [6.07, 6.45) is 0. The Balaban J connectivity index is 1.88. The number of fused-ring (bicyclic) bond motifs is 4. The third kappa shape index (κ3) is 1.64. The van der Waals surface area contributed by atoms with Crippen LogP contribution in [-0.2, 0) is 4.65 Å². The van der Waals surface area contributed by atoms with Crippen molar-refractivity contribution in [3.05, 3.63) is 66.7 Å². The van der Waals surface area contributed by atoms with Crippen molar-refractivity contribution in [1.82, 2.24) is 0 Å². The van der Waals surface area contributed by atoms with Crippen molar-refractivity contribution in [2.24, 2.45) is 0 Å². The van der Waals surface area contributed by atoms with Gasteiger partial charge in [-0.1, -0.05) is 42.5 Å². The fourth-order valence-electron chi connectivity index (χ4n) is 3.62. The summed E-state index contributed by atoms with van der Waals surface area (Å²) in [6.45, 7) is -0.0775. The summed E-state index contributed by atoms with van der Waals surface area (Å²) >= 11 is 0. The van der Waals surface area contributed by atoms with Crippen molar-refractivity contribution in [3.8, 4) is 11.5 Å². The van der Waals surface area contributed by atoms with Crippen LogP contribution in [0.3, 0.4) is 0 Å². The van der Waals surface area contributed by atoms with Gasteiger partial charge >= 0.3 is 6.92 Å². The fourth-order valence-corrected chi connectivity index (χ4v) is 3.62. The molecule has 0 saturated heterocycles. The van der Waals surface area contributed by atoms with Crippen LogP contribution in [0, 0.1) is 0 Å². The van der Waals surface area contributed by atoms with Gasteiger partial charge in [-0.2, -0.15) is 0 Å². The molecule has 0 aromatic heterocycles. The van der Waals surface area contributed by atoms with Crippen molar-refractivity contribution in [2.75, 3.05) is 12.0 Å². The van der Waals surface area contributed by atoms with Crippen molar-refractivity contribution in [2.45, 2.75) is 0 Å². The van der Waals surface area contributed by atoms with Crippen LogP contribution >= 0.6 is 0 Å². The van der Waals surface area contributed by atoms with Crippen LogP contribution in [0.5, 0.6) is 11.5 Å². The SMILES string of the molecule is COB1c2ccccc2N2c3ccccc3Oc3cccc1c32. The molecule has 2 aliphatic rings. The summed E-state index contributed by atoms with van der Waals surface area (Å²) in [4.78, 5) is 2.29. The fraction of sp³-hybridized carbons (Fsp3) is 0.0526. The second kappa shape index (κ2) is 4.64. The first kappa shape index (κ1) is 12.8. The van der Waals surface area contributed by atoms with E-state index in [-0.39, 0.29) is 6.92 Å². The Bertz CT molecular complexity index is 925. The molecule has 2 aliphatic heterocycles. The molecule has 0 radical (unpaired) electrons. The molecule has 0 amide bonds. The maximum Gasteiger partial charge on any atom is 0.365 e. The highest BCUT2D eigenvalue weighted by Gasteiger charge is 2.39. The van der Waals surface area contributed by atoms with Gasteiger partial charge in [0.1, 0.15) is 0 Å². The average Bonchev–Trinajstić information content (AvgIpc) is 2.61. The molecule has 4 heteroatoms. The number of hydrogen-bond acceptors (Lipinski definition) is 3. The number of hydrogen-bond donors (Lipinski definition) is 0. The van der Waals surface area contributed by atoms with Gasteiger partial charge in [-0.05, 0) is 35.2 Å². The Kier molecular flexibility index (Phi) is 2.58. The molecular formula is C19H14BNO2. The number of rotatable bonds is 1. The molecule has 5 rings (SSSR count). The van der Waals surface area contributed by atoms with E-state index in [2.05, 4.69) is 41.3 Å². The molecule has 0 aliphatic carbocycles. The molecule has 0 bridgehead atoms. The second-order valence-corrected chi connectivity index (χ2v) is 5.77. The van der Waals surface area contributed by atoms with E-state index < -0.39 is 0 Å². The van der Waals surface area contributed by atoms with E-state index in [0.717, 1.165) is 34.0 Å². The minimum Gasteiger partial charge on any atom is -0.453 e. The summed E-state index contributed by atoms with van der Waals surface area (Å²) in [5, 5.41) is 0. The summed E-state index contributed by atoms with van der Waals surface area (Å²) in [5.41, 5.74) is 5.61. The number of ether oxygens (including phenoxy) is 1. The maximum absolute atomic E-state index is 6.13. The first-order chi connectivity index (χ1) is 11.4. The molecular weight excluding hydrogens is 285 g/mol. The van der Waals surface area contributed by atoms with Gasteiger partial charge in [0.15, 0.2) is 11.5 Å². The van der Waals surface area contributed by atoms with E-state index in [1.807, 2.05) is 30.3 Å². The molecule has 110 valence electrons. The van der Waals surface area contributed by atoms with Crippen LogP contribution in [0.2, 0.25) is 0 Å². The summed E-state index contributed by atoms with van der Waals surface area (Å²) in [7, 11) is 1.76. The van der Waals surface area contributed by atoms with Gasteiger partial charge in [0.2, 0.25) is 0 Å². The van der Waals surface area contributed by atoms with Crippen molar-refractivity contribution < 1.29 is 9.39 Å². The molecule has 0 spiro atoms. The zero-order chi connectivity index (χ0) is 15.4. The molecule has 0 atom stereocenters. The molecule has 3 aromatic carbocycles. The van der Waals surface area contributed by atoms with Gasteiger partial charge in [-0.3, -0.25) is 0 Å². The van der Waals surface area contributed by atoms with Crippen LogP contribution in [0.15, 0.2) is 66.7 Å². The Morgan fingerprint density at radius 2 is 1.48 bits per heavy atom. The minimum absolute atomic E-state index is 0.0775. The summed E-state index contributed by atoms with van der Waals surface area (Å²) in [5.74, 6) is 1.75. The van der Waals surface area contributed by atoms with Crippen LogP contribution in [0.4, 0.5) is 17.1 Å². The number of anilines is 3. The number of benzene rings is 3. The highest BCUT2D eigenvalue weighted by molar-refractivity contribution is 6.83. The zero-order valence-corrected chi connectivity index (χ0v) is 12.7. The van der Waals surface area contributed by atoms with Gasteiger partial charge in [-0.15, -0.1) is 0 Å². The van der Waals surface area contributed by atoms with E-state index in [0.29, 0.717) is 0 Å². The lowest BCUT2D eigenvalue weighted by molar-refractivity contribution is 0.438. The smallest absolute Gasteiger partial charge is 0.365 e. The third-order valence-corrected chi connectivity index (χ3v) is 4.56. The topological polar surface area (TPSA) is 21.7 Å². The molecule has 23 heavy (non-hydrogen) atoms. The van der Waals surface area contributed by atoms with Gasteiger partial charge in [0.25, 0.3) is 0 Å². The highest BCUT2D eigenvalue weighted by Crippen LogP contribution is 2.50. The second-order valence-electron chi connectivity index (χ2n) is 5.77. The molecule has 0 N–H and O–H groups in total. The third-order valence-electron chi connectivity index (χ3n) is 4.56. The molecule has 0 saturated carbocycles. The standard InChI is InChI=1S/C19H14BNO2/c1-22-20-13-7-2-3-9-15(13)21-16-10-4-5-11-17(16)23-18-12-6-8-14(20)19(18)21/h2-12H,1H3. The largest absolute Gasteiger partial charge is 0.453 e. The van der Waals surface area contributed by atoms with Crippen LogP contribution in [-0.4, -0.2) is 14.0 Å². The van der Waals surface area contributed by atoms with Gasteiger partial charge in [0, 0.05) is 12.8 Å². The van der Waals surface area contributed by atoms with E-state index in [1.165, 1.54) is 5.46 Å². The van der Waals surface area contributed by atoms with E-state index >= 15 is 0 Å². The predicted octanol–water partition coefficient (Wildman–Crippen LogP) is 3.33. The van der Waals surface area contributed by atoms with Crippen molar-refractivity contribution in [3.63, 3.8) is 0 Å². The monoisotopic (exact) mass is 299 g/mol. The van der Waals surface area contributed by atoms with E-state index in [9.17, 15) is 0 Å². The molecule has 0 unspecified atom stereocenters. The lowest BCUT2D eigenvalue weighted by Gasteiger charge is -2.40. The van der Waals surface area contributed by atoms with Crippen LogP contribution in [0.1, 0.15) is 0 Å². The Morgan fingerprint density at radius 1 is 0.783 bits per heavy atom. The predicted molar refractivity (Wildman–Crippen MR) is 93.2 cm³/mol. The Labute approximate surface area is 135 Å². The molecule has 0 fully saturated rings. The number of para-hydroxylation sites is 4. The van der Waals surface area contributed by atoms with Crippen molar-refractivity contribution >= 4 is 34.9 Å². The van der Waals surface area contributed by atoms with Crippen molar-refractivity contribution in [1.29, 1.82) is 0 Å². The van der Waals surface area contributed by atoms with E-state index in [4.69, 9.17) is 9.39 Å². The normalized spacial score (nSPS) is 13.8. The quantitative estimate of drug-likeness (QED) is 0.503. The number of nitrogens with zero attached hydrogens (tertiary/aromatic N) is 1. The summed E-state index contributed by atoms with van der Waals surface area (Å²) < 4.78 is 12.0. The lowest BCUT2D eigenvalue weighted by Crippen LogP contribution is -2.51. The zero-order valence-electron chi connectivity index (χ0n) is 12.7. The molecule has 3 aromatic rings. The maximum atomic E-state index is 6.13. The Hall–Kier alpha value is -2.72. The van der Waals surface area contributed by atoms with Gasteiger partial charge < -0.3 is 14.3 Å². The van der Waals surface area contributed by atoms with Gasteiger partial charge in [-0.25, -0.2) is 0 Å². The summed E-state index contributed by atoms with van der Waals surface area (Å²) in [6, 6.07) is 22.7. The van der Waals surface area contributed by atoms with Gasteiger partial charge in [0.05, 0.1) is 11.4 Å². The molecule has 2 heterocycles. The highest BCUT2D eigenvalue weighted by atomic mass is 16.5. The van der Waals surface area contributed by atoms with Crippen LogP contribution < -0.4 is 20.6 Å².